The zero-order chi connectivity index (χ0) is 25.3. The van der Waals surface area contributed by atoms with E-state index < -0.39 is 58.0 Å². The van der Waals surface area contributed by atoms with Crippen LogP contribution in [0.1, 0.15) is 12.6 Å². The van der Waals surface area contributed by atoms with Crippen LogP contribution >= 0.6 is 23.5 Å². The summed E-state index contributed by atoms with van der Waals surface area (Å²) in [6.07, 6.45) is 2.21. The average Bonchev–Trinajstić information content (AvgIpc) is 3.26. The summed E-state index contributed by atoms with van der Waals surface area (Å²) < 4.78 is 59.5. The van der Waals surface area contributed by atoms with E-state index in [9.17, 15) is 23.5 Å². The molecule has 2 aromatic heterocycles. The maximum absolute atomic E-state index is 12.1. The molecule has 4 unspecified atom stereocenters. The summed E-state index contributed by atoms with van der Waals surface area (Å²) in [6, 6.07) is 0. The Morgan fingerprint density at radius 1 is 1.21 bits per heavy atom. The molecule has 22 heteroatoms. The predicted molar refractivity (Wildman–Crippen MR) is 118 cm³/mol. The van der Waals surface area contributed by atoms with Gasteiger partial charge in [0.1, 0.15) is 24.2 Å². The first-order chi connectivity index (χ1) is 15.7. The zero-order valence-corrected chi connectivity index (χ0v) is 21.4. The molecule has 1 saturated heterocycles. The van der Waals surface area contributed by atoms with Gasteiger partial charge in [0.15, 0.2) is 11.5 Å². The van der Waals surface area contributed by atoms with Gasteiger partial charge in [-0.2, -0.15) is 8.62 Å². The fourth-order valence-electron chi connectivity index (χ4n) is 2.93. The van der Waals surface area contributed by atoms with Gasteiger partial charge < -0.3 is 34.8 Å². The molecule has 192 valence electrons. The first kappa shape index (κ1) is 27.8. The molecule has 1 aliphatic heterocycles. The Balaban J connectivity index is 1.73. The van der Waals surface area contributed by atoms with Crippen molar-refractivity contribution in [2.24, 2.45) is 0 Å². The van der Waals surface area contributed by atoms with E-state index in [1.807, 2.05) is 0 Å². The molecule has 0 bridgehead atoms. The molecular weight excluding hydrogens is 563 g/mol. The molecule has 0 spiro atoms. The van der Waals surface area contributed by atoms with Crippen LogP contribution in [-0.2, 0) is 57.0 Å². The van der Waals surface area contributed by atoms with Crippen molar-refractivity contribution in [3.63, 3.8) is 0 Å². The number of anilines is 1. The molecule has 6 atom stereocenters. The predicted octanol–water partition coefficient (Wildman–Crippen LogP) is 0.0920. The summed E-state index contributed by atoms with van der Waals surface area (Å²) in [4.78, 5) is 48.3. The lowest BCUT2D eigenvalue weighted by Gasteiger charge is -2.21. The van der Waals surface area contributed by atoms with Crippen LogP contribution in [0.5, 0.6) is 0 Å². The molecule has 0 aromatic carbocycles. The van der Waals surface area contributed by atoms with Crippen molar-refractivity contribution in [3.8, 4) is 0 Å². The minimum Gasteiger partial charge on any atom is -0.382 e. The molecule has 1 fully saturated rings. The second-order valence-corrected chi connectivity index (χ2v) is 14.2. The molecular formula is C12H20N5O12P3S2. The van der Waals surface area contributed by atoms with Crippen molar-refractivity contribution < 1.29 is 55.9 Å². The summed E-state index contributed by atoms with van der Waals surface area (Å²) in [7, 11) is -17.0. The zero-order valence-electron chi connectivity index (χ0n) is 17.1. The number of imidazole rings is 1. The molecule has 1 aliphatic rings. The third-order valence-electron chi connectivity index (χ3n) is 4.14. The van der Waals surface area contributed by atoms with Crippen LogP contribution in [0.15, 0.2) is 12.7 Å². The minimum atomic E-state index is -5.65. The lowest BCUT2D eigenvalue weighted by molar-refractivity contribution is -0.0523. The summed E-state index contributed by atoms with van der Waals surface area (Å²) in [5, 5.41) is 0. The number of nitrogen functional groups attached to an aromatic ring is 1. The van der Waals surface area contributed by atoms with E-state index in [4.69, 9.17) is 40.7 Å². The number of hydrogen-bond acceptors (Lipinski definition) is 13. The first-order valence-corrected chi connectivity index (χ1v) is 16.2. The quantitative estimate of drug-likeness (QED) is 0.220. The van der Waals surface area contributed by atoms with Crippen LogP contribution in [0.4, 0.5) is 5.82 Å². The number of rotatable bonds is 11. The van der Waals surface area contributed by atoms with Crippen LogP contribution in [-0.4, -0.2) is 70.1 Å². The average molecular weight is 583 g/mol. The Morgan fingerprint density at radius 2 is 1.91 bits per heavy atom. The summed E-state index contributed by atoms with van der Waals surface area (Å²) in [5.41, 5.74) is 6.49. The fraction of sp³-hybridized carbons (Fsp3) is 0.583. The fourth-order valence-corrected chi connectivity index (χ4v) is 6.49. The van der Waals surface area contributed by atoms with Crippen LogP contribution in [0.25, 0.3) is 11.2 Å². The molecule has 0 radical (unpaired) electrons. The van der Waals surface area contributed by atoms with Crippen molar-refractivity contribution in [3.05, 3.63) is 12.7 Å². The molecule has 34 heavy (non-hydrogen) atoms. The SMILES string of the molecule is CS(=S)COC1C[C@H](n2cnc3c(N)ncnc32)O[C@@H]1COP(=O)(O)OP(=O)(O)OP(=O)(O)O. The molecule has 17 nitrogen and oxygen atoms in total. The molecule has 6 N–H and O–H groups in total. The van der Waals surface area contributed by atoms with E-state index in [-0.39, 0.29) is 18.2 Å². The Hall–Kier alpha value is -0.750. The topological polar surface area (TPSA) is 248 Å². The van der Waals surface area contributed by atoms with Crippen LogP contribution in [0.2, 0.25) is 0 Å². The molecule has 3 heterocycles. The highest BCUT2D eigenvalue weighted by Gasteiger charge is 2.43. The van der Waals surface area contributed by atoms with Gasteiger partial charge in [0.25, 0.3) is 0 Å². The van der Waals surface area contributed by atoms with Crippen LogP contribution in [0, 0.1) is 0 Å². The van der Waals surface area contributed by atoms with Gasteiger partial charge in [-0.25, -0.2) is 28.6 Å². The molecule has 0 aliphatic carbocycles. The highest BCUT2D eigenvalue weighted by molar-refractivity contribution is 8.28. The Morgan fingerprint density at radius 3 is 2.56 bits per heavy atom. The summed E-state index contributed by atoms with van der Waals surface area (Å²) >= 11 is 5.11. The van der Waals surface area contributed by atoms with E-state index in [0.717, 1.165) is 0 Å². The summed E-state index contributed by atoms with van der Waals surface area (Å²) in [6.45, 7) is -0.677. The smallest absolute Gasteiger partial charge is 0.382 e. The second-order valence-electron chi connectivity index (χ2n) is 6.73. The maximum Gasteiger partial charge on any atom is 0.490 e. The summed E-state index contributed by atoms with van der Waals surface area (Å²) in [5.74, 6) is 0.321. The van der Waals surface area contributed by atoms with Gasteiger partial charge in [-0.05, 0) is 17.4 Å². The number of nitrogens with zero attached hydrogens (tertiary/aromatic N) is 4. The highest BCUT2D eigenvalue weighted by Crippen LogP contribution is 2.66. The Labute approximate surface area is 198 Å². The van der Waals surface area contributed by atoms with Gasteiger partial charge in [0.2, 0.25) is 0 Å². The molecule has 2 aromatic rings. The van der Waals surface area contributed by atoms with Gasteiger partial charge in [-0.3, -0.25) is 9.09 Å². The number of nitrogens with two attached hydrogens (primary N) is 1. The van der Waals surface area contributed by atoms with Gasteiger partial charge in [0, 0.05) is 6.42 Å². The Bertz CT molecular complexity index is 1210. The van der Waals surface area contributed by atoms with Gasteiger partial charge in [0.05, 0.1) is 25.0 Å². The van der Waals surface area contributed by atoms with E-state index in [0.29, 0.717) is 11.2 Å². The van der Waals surface area contributed by atoms with Gasteiger partial charge in [-0.1, -0.05) is 9.45 Å². The normalized spacial score (nSPS) is 25.7. The number of fused-ring (bicyclic) bond motifs is 1. The van der Waals surface area contributed by atoms with Crippen molar-refractivity contribution in [2.75, 3.05) is 24.5 Å². The number of phosphoric ester groups is 1. The van der Waals surface area contributed by atoms with E-state index in [1.165, 1.54) is 12.7 Å². The van der Waals surface area contributed by atoms with Crippen LogP contribution < -0.4 is 5.73 Å². The number of hydrogen-bond donors (Lipinski definition) is 5. The highest BCUT2D eigenvalue weighted by atomic mass is 32.8. The van der Waals surface area contributed by atoms with Crippen LogP contribution in [0.3, 0.4) is 0 Å². The first-order valence-electron chi connectivity index (χ1n) is 8.94. The third kappa shape index (κ3) is 7.62. The molecule has 0 saturated carbocycles. The largest absolute Gasteiger partial charge is 0.490 e. The third-order valence-corrected chi connectivity index (χ3v) is 8.70. The maximum atomic E-state index is 12.1. The van der Waals surface area contributed by atoms with E-state index in [1.54, 1.807) is 10.8 Å². The van der Waals surface area contributed by atoms with Gasteiger partial charge >= 0.3 is 23.5 Å². The van der Waals surface area contributed by atoms with Gasteiger partial charge in [-0.15, -0.1) is 0 Å². The number of phosphoric acid groups is 3. The van der Waals surface area contributed by atoms with Crippen molar-refractivity contribution in [1.82, 2.24) is 19.5 Å². The molecule has 0 amide bonds. The van der Waals surface area contributed by atoms with Crippen molar-refractivity contribution in [2.45, 2.75) is 24.9 Å². The lowest BCUT2D eigenvalue weighted by atomic mass is 10.2. The molecule has 3 rings (SSSR count). The minimum absolute atomic E-state index is 0.153. The van der Waals surface area contributed by atoms with E-state index in [2.05, 4.69) is 23.6 Å². The van der Waals surface area contributed by atoms with Crippen molar-refractivity contribution in [1.29, 1.82) is 0 Å². The lowest BCUT2D eigenvalue weighted by Crippen LogP contribution is -2.29. The van der Waals surface area contributed by atoms with Crippen molar-refractivity contribution >= 4 is 61.1 Å². The number of ether oxygens (including phenoxy) is 2. The monoisotopic (exact) mass is 583 g/mol. The standard InChI is InChI=1S/C12H20N5O12P3S2/c1-34(33)6-25-7-2-9(17-5-16-10-11(13)14-4-15-12(10)17)27-8(7)3-26-31(21,22)29-32(23,24)28-30(18,19)20/h4-5,7-9H,2-3,6H2,1H3,(H,21,22)(H,23,24)(H2,13,14,15)(H2,18,19,20)/t7?,8-,9-,34?/m1/s1. The van der Waals surface area contributed by atoms with E-state index >= 15 is 0 Å². The Kier molecular flexibility index (Phi) is 8.76. The second kappa shape index (κ2) is 10.7. The number of aromatic nitrogens is 4.